The molecule has 1 aromatic carbocycles. The normalized spacial score (nSPS) is 27.6. The molecule has 3 unspecified atom stereocenters. The molecule has 0 aromatic heterocycles. The maximum Gasteiger partial charge on any atom is 0.396 e. The highest BCUT2D eigenvalue weighted by molar-refractivity contribution is 7.80. The van der Waals surface area contributed by atoms with E-state index in [1.165, 1.54) is 17.1 Å². The lowest BCUT2D eigenvalue weighted by Gasteiger charge is -2.43. The third-order valence-corrected chi connectivity index (χ3v) is 7.73. The number of aryl methyl sites for hydroxylation is 1. The van der Waals surface area contributed by atoms with Gasteiger partial charge in [0.2, 0.25) is 0 Å². The van der Waals surface area contributed by atoms with E-state index in [9.17, 15) is 28.3 Å². The van der Waals surface area contributed by atoms with Gasteiger partial charge in [-0.15, -0.1) is 0 Å². The van der Waals surface area contributed by atoms with Crippen molar-refractivity contribution in [2.45, 2.75) is 56.3 Å². The zero-order valence-electron chi connectivity index (χ0n) is 18.8. The highest BCUT2D eigenvalue weighted by atomic mass is 32.1. The maximum absolute atomic E-state index is 13.7. The van der Waals surface area contributed by atoms with Crippen LogP contribution in [0.4, 0.5) is 18.9 Å². The van der Waals surface area contributed by atoms with E-state index < -0.39 is 23.6 Å². The molecule has 2 aliphatic carbocycles. The van der Waals surface area contributed by atoms with Gasteiger partial charge in [0.05, 0.1) is 24.5 Å². The number of hydrogen-bond acceptors (Lipinski definition) is 5. The summed E-state index contributed by atoms with van der Waals surface area (Å²) in [6, 6.07) is 7.21. The van der Waals surface area contributed by atoms with Gasteiger partial charge in [0.25, 0.3) is 5.91 Å². The molecule has 2 fully saturated rings. The molecule has 2 heterocycles. The molecule has 5 rings (SSSR count). The molecule has 1 spiro atoms. The van der Waals surface area contributed by atoms with Gasteiger partial charge < -0.3 is 14.7 Å². The monoisotopic (exact) mass is 503 g/mol. The Balaban J connectivity index is 1.52. The van der Waals surface area contributed by atoms with Gasteiger partial charge in [-0.25, -0.2) is 0 Å². The first-order valence-electron chi connectivity index (χ1n) is 11.6. The van der Waals surface area contributed by atoms with Crippen molar-refractivity contribution in [1.82, 2.24) is 4.90 Å². The summed E-state index contributed by atoms with van der Waals surface area (Å²) in [6.45, 7) is -0.0712. The van der Waals surface area contributed by atoms with Gasteiger partial charge in [-0.2, -0.15) is 18.4 Å². The highest BCUT2D eigenvalue weighted by Gasteiger charge is 2.60. The van der Waals surface area contributed by atoms with Crippen LogP contribution in [0.1, 0.15) is 37.7 Å². The first-order valence-corrected chi connectivity index (χ1v) is 12.1. The molecule has 10 heteroatoms. The van der Waals surface area contributed by atoms with E-state index in [1.807, 2.05) is 6.07 Å². The van der Waals surface area contributed by atoms with E-state index in [1.54, 1.807) is 23.1 Å². The second-order valence-corrected chi connectivity index (χ2v) is 9.79. The number of fused-ring (bicyclic) bond motifs is 1. The molecule has 4 aliphatic rings. The van der Waals surface area contributed by atoms with E-state index in [2.05, 4.69) is 0 Å². The standard InChI is InChI=1S/C25H24F3N3O3S/c26-25(27,28)20-12-17(6-5-16(20)13-29)30-22(33)24(9-2-10-24)31(23(30)35)18-7-8-21-15(11-18)3-1-4-19(14-32)34-21/h5-8,11-12,16,19-20,32H,1-4,9-10,14H2. The molecular formula is C25H24F3N3O3S. The van der Waals surface area contributed by atoms with Gasteiger partial charge in [0, 0.05) is 11.4 Å². The number of carbonyl (C=O) groups is 1. The first-order chi connectivity index (χ1) is 16.7. The van der Waals surface area contributed by atoms with Crippen molar-refractivity contribution in [2.75, 3.05) is 11.5 Å². The Bertz CT molecular complexity index is 1170. The number of amides is 1. The number of aliphatic hydroxyl groups is 1. The Morgan fingerprint density at radius 3 is 2.69 bits per heavy atom. The predicted octanol–water partition coefficient (Wildman–Crippen LogP) is 4.39. The highest BCUT2D eigenvalue weighted by Crippen LogP contribution is 2.49. The molecule has 1 amide bonds. The molecule has 0 bridgehead atoms. The fourth-order valence-electron chi connectivity index (χ4n) is 5.35. The number of halogens is 3. The second-order valence-electron chi connectivity index (χ2n) is 9.42. The molecule has 6 nitrogen and oxygen atoms in total. The maximum atomic E-state index is 13.7. The molecule has 0 radical (unpaired) electrons. The SMILES string of the molecule is N#CC1C=CC(N2C(=O)C3(CCC3)N(c3ccc4c(c3)CCCC(CO)O4)C2=S)=CC1C(F)(F)F. The van der Waals surface area contributed by atoms with Gasteiger partial charge in [-0.3, -0.25) is 9.69 Å². The largest absolute Gasteiger partial charge is 0.488 e. The number of aliphatic hydroxyl groups excluding tert-OH is 1. The second kappa shape index (κ2) is 8.64. The summed E-state index contributed by atoms with van der Waals surface area (Å²) in [5.41, 5.74) is 0.746. The third-order valence-electron chi connectivity index (χ3n) is 7.36. The smallest absolute Gasteiger partial charge is 0.396 e. The van der Waals surface area contributed by atoms with E-state index in [4.69, 9.17) is 17.0 Å². The van der Waals surface area contributed by atoms with Crippen LogP contribution in [0.25, 0.3) is 0 Å². The van der Waals surface area contributed by atoms with Crippen molar-refractivity contribution >= 4 is 28.9 Å². The van der Waals surface area contributed by atoms with Crippen LogP contribution in [0.15, 0.2) is 42.1 Å². The van der Waals surface area contributed by atoms with Crippen LogP contribution in [0, 0.1) is 23.2 Å². The number of allylic oxidation sites excluding steroid dienone is 3. The lowest BCUT2D eigenvalue weighted by molar-refractivity contribution is -0.166. The number of ether oxygens (including phenoxy) is 1. The fraction of sp³-hybridized carbons (Fsp3) is 0.480. The number of nitrogens with zero attached hydrogens (tertiary/aromatic N) is 3. The number of rotatable bonds is 3. The van der Waals surface area contributed by atoms with Gasteiger partial charge >= 0.3 is 6.18 Å². The van der Waals surface area contributed by atoms with Crippen molar-refractivity contribution in [1.29, 1.82) is 5.26 Å². The predicted molar refractivity (Wildman–Crippen MR) is 125 cm³/mol. The van der Waals surface area contributed by atoms with Crippen LogP contribution in [-0.2, 0) is 11.2 Å². The summed E-state index contributed by atoms with van der Waals surface area (Å²) in [5.74, 6) is -3.04. The van der Waals surface area contributed by atoms with Crippen molar-refractivity contribution < 1.29 is 27.8 Å². The minimum absolute atomic E-state index is 0.0477. The lowest BCUT2D eigenvalue weighted by Crippen LogP contribution is -2.55. The quantitative estimate of drug-likeness (QED) is 0.617. The van der Waals surface area contributed by atoms with Crippen molar-refractivity contribution in [3.63, 3.8) is 0 Å². The average Bonchev–Trinajstić information content (AvgIpc) is 2.92. The lowest BCUT2D eigenvalue weighted by atomic mass is 9.75. The van der Waals surface area contributed by atoms with E-state index in [0.29, 0.717) is 24.3 Å². The van der Waals surface area contributed by atoms with Gasteiger partial charge in [-0.1, -0.05) is 6.08 Å². The molecule has 184 valence electrons. The molecule has 1 N–H and O–H groups in total. The molecule has 1 saturated carbocycles. The van der Waals surface area contributed by atoms with Crippen LogP contribution < -0.4 is 9.64 Å². The van der Waals surface area contributed by atoms with Crippen LogP contribution in [-0.4, -0.2) is 45.5 Å². The Morgan fingerprint density at radius 2 is 2.06 bits per heavy atom. The molecular weight excluding hydrogens is 479 g/mol. The van der Waals surface area contributed by atoms with Gasteiger partial charge in [0.1, 0.15) is 17.4 Å². The number of anilines is 1. The van der Waals surface area contributed by atoms with Crippen LogP contribution in [0.2, 0.25) is 0 Å². The van der Waals surface area contributed by atoms with Crippen LogP contribution in [0.5, 0.6) is 5.75 Å². The van der Waals surface area contributed by atoms with Crippen LogP contribution >= 0.6 is 12.2 Å². The summed E-state index contributed by atoms with van der Waals surface area (Å²) >= 11 is 5.71. The van der Waals surface area contributed by atoms with Crippen molar-refractivity contribution in [2.24, 2.45) is 11.8 Å². The van der Waals surface area contributed by atoms with Crippen molar-refractivity contribution in [3.8, 4) is 11.8 Å². The topological polar surface area (TPSA) is 76.8 Å². The fourth-order valence-corrected chi connectivity index (χ4v) is 5.81. The number of alkyl halides is 3. The first kappa shape index (κ1) is 23.8. The van der Waals surface area contributed by atoms with E-state index >= 15 is 0 Å². The summed E-state index contributed by atoms with van der Waals surface area (Å²) in [5, 5.41) is 18.8. The zero-order valence-corrected chi connectivity index (χ0v) is 19.6. The Kier molecular flexibility index (Phi) is 5.88. The Morgan fingerprint density at radius 1 is 1.29 bits per heavy atom. The van der Waals surface area contributed by atoms with Gasteiger partial charge in [-0.05, 0) is 86.7 Å². The summed E-state index contributed by atoms with van der Waals surface area (Å²) in [7, 11) is 0. The molecule has 1 aromatic rings. The summed E-state index contributed by atoms with van der Waals surface area (Å²) in [6.07, 6.45) is 2.81. The summed E-state index contributed by atoms with van der Waals surface area (Å²) in [4.78, 5) is 16.6. The number of nitriles is 1. The zero-order chi connectivity index (χ0) is 25.0. The molecule has 35 heavy (non-hydrogen) atoms. The van der Waals surface area contributed by atoms with E-state index in [-0.39, 0.29) is 29.4 Å². The number of benzene rings is 1. The number of carbonyl (C=O) groups excluding carboxylic acids is 1. The average molecular weight is 504 g/mol. The molecule has 1 saturated heterocycles. The third kappa shape index (κ3) is 3.81. The van der Waals surface area contributed by atoms with Crippen molar-refractivity contribution in [3.05, 3.63) is 47.7 Å². The van der Waals surface area contributed by atoms with Gasteiger partial charge in [0.15, 0.2) is 5.11 Å². The molecule has 3 atom stereocenters. The Labute approximate surface area is 206 Å². The Hall–Kier alpha value is -2.90. The number of thiocarbonyl (C=S) groups is 1. The number of hydrogen-bond donors (Lipinski definition) is 1. The minimum atomic E-state index is -4.63. The minimum Gasteiger partial charge on any atom is -0.488 e. The van der Waals surface area contributed by atoms with E-state index in [0.717, 1.165) is 37.3 Å². The summed E-state index contributed by atoms with van der Waals surface area (Å²) < 4.78 is 46.9. The molecule has 2 aliphatic heterocycles. The van der Waals surface area contributed by atoms with Crippen LogP contribution in [0.3, 0.4) is 0 Å².